The van der Waals surface area contributed by atoms with Crippen LogP contribution in [0.25, 0.3) is 83.0 Å². The van der Waals surface area contributed by atoms with Crippen molar-refractivity contribution in [2.24, 2.45) is 4.99 Å². The molecule has 10 aromatic rings. The lowest BCUT2D eigenvalue weighted by Crippen LogP contribution is -2.02. The minimum absolute atomic E-state index is 0.879. The van der Waals surface area contributed by atoms with Gasteiger partial charge >= 0.3 is 0 Å². The molecule has 1 aliphatic rings. The molecular weight excluding hydrogens is 705 g/mol. The molecule has 0 spiro atoms. The second kappa shape index (κ2) is 14.2. The summed E-state index contributed by atoms with van der Waals surface area (Å²) in [5.74, 6) is 0. The number of hydrogen-bond donors (Lipinski definition) is 0. The van der Waals surface area contributed by atoms with Crippen molar-refractivity contribution in [3.63, 3.8) is 0 Å². The Labute approximate surface area is 337 Å². The van der Waals surface area contributed by atoms with Crippen LogP contribution < -0.4 is 0 Å². The van der Waals surface area contributed by atoms with E-state index >= 15 is 0 Å². The molecule has 3 nitrogen and oxygen atoms in total. The van der Waals surface area contributed by atoms with Gasteiger partial charge in [-0.1, -0.05) is 146 Å². The van der Waals surface area contributed by atoms with E-state index in [9.17, 15) is 0 Å². The number of fused-ring (bicyclic) bond motifs is 6. The van der Waals surface area contributed by atoms with Gasteiger partial charge in [0.2, 0.25) is 0 Å². The van der Waals surface area contributed by atoms with Gasteiger partial charge < -0.3 is 8.98 Å². The SMILES string of the molecule is C1=C(c2cccc(-c3cccc4oc5ccc(-c6ccc7c(c6)c6ccccc6n7-c6ccccc6)cc5c34)c2)/N=C(c2ccccc2)\C=C(\c2ccccc2)CC\1. The molecule has 0 aliphatic carbocycles. The van der Waals surface area contributed by atoms with Gasteiger partial charge in [-0.05, 0) is 107 Å². The minimum Gasteiger partial charge on any atom is -0.456 e. The molecule has 58 heavy (non-hydrogen) atoms. The van der Waals surface area contributed by atoms with E-state index in [2.05, 4.69) is 211 Å². The first-order chi connectivity index (χ1) is 28.7. The second-order valence-electron chi connectivity index (χ2n) is 15.0. The molecule has 0 unspecified atom stereocenters. The predicted octanol–water partition coefficient (Wildman–Crippen LogP) is 14.7. The number of nitrogens with zero attached hydrogens (tertiary/aromatic N) is 2. The average molecular weight is 743 g/mol. The molecule has 1 aliphatic heterocycles. The molecule has 11 rings (SSSR count). The molecule has 0 saturated carbocycles. The summed E-state index contributed by atoms with van der Waals surface area (Å²) in [6, 6.07) is 69.2. The molecule has 3 heterocycles. The van der Waals surface area contributed by atoms with Crippen LogP contribution in [0.2, 0.25) is 0 Å². The third kappa shape index (κ3) is 5.96. The maximum atomic E-state index is 6.53. The Morgan fingerprint density at radius 3 is 1.93 bits per heavy atom. The molecule has 0 saturated heterocycles. The highest BCUT2D eigenvalue weighted by atomic mass is 16.3. The van der Waals surface area contributed by atoms with E-state index < -0.39 is 0 Å². The molecule has 0 fully saturated rings. The highest BCUT2D eigenvalue weighted by Crippen LogP contribution is 2.41. The third-order valence-electron chi connectivity index (χ3n) is 11.5. The quantitative estimate of drug-likeness (QED) is 0.167. The number of benzene rings is 8. The van der Waals surface area contributed by atoms with Crippen LogP contribution in [0.1, 0.15) is 29.5 Å². The zero-order valence-corrected chi connectivity index (χ0v) is 31.8. The first-order valence-corrected chi connectivity index (χ1v) is 20.0. The van der Waals surface area contributed by atoms with Crippen LogP contribution in [0, 0.1) is 0 Å². The van der Waals surface area contributed by atoms with Crippen molar-refractivity contribution < 1.29 is 4.42 Å². The fourth-order valence-corrected chi connectivity index (χ4v) is 8.73. The van der Waals surface area contributed by atoms with Crippen LogP contribution in [-0.4, -0.2) is 10.3 Å². The summed E-state index contributed by atoms with van der Waals surface area (Å²) in [5.41, 5.74) is 16.6. The number of aliphatic imine (C=N–C) groups is 1. The van der Waals surface area contributed by atoms with Gasteiger partial charge in [0.05, 0.1) is 22.4 Å². The lowest BCUT2D eigenvalue weighted by molar-refractivity contribution is 0.669. The summed E-state index contributed by atoms with van der Waals surface area (Å²) >= 11 is 0. The number of aromatic nitrogens is 1. The molecule has 0 atom stereocenters. The van der Waals surface area contributed by atoms with Gasteiger partial charge in [-0.3, -0.25) is 0 Å². The first-order valence-electron chi connectivity index (χ1n) is 20.0. The van der Waals surface area contributed by atoms with Gasteiger partial charge in [-0.25, -0.2) is 4.99 Å². The number of rotatable bonds is 6. The highest BCUT2D eigenvalue weighted by Gasteiger charge is 2.18. The molecule has 0 amide bonds. The van der Waals surface area contributed by atoms with Gasteiger partial charge in [0.15, 0.2) is 0 Å². The van der Waals surface area contributed by atoms with E-state index in [1.807, 2.05) is 0 Å². The molecule has 0 radical (unpaired) electrons. The van der Waals surface area contributed by atoms with E-state index in [0.717, 1.165) is 79.7 Å². The standard InChI is InChI=1S/C55H38N2O/c1-4-15-37(16-5-1)39-19-13-26-49(56-50(36-39)38-17-6-2-7-18-38)43-21-12-20-42(33-43)45-25-14-28-54-55(45)48-35-41(30-32-53(48)58-54)40-29-31-52-47(34-40)46-24-10-11-27-51(46)57(52)44-22-8-3-9-23-44/h1-12,14-18,20-36H,13,19H2/b39-36+,49-26-,56-50+. The summed E-state index contributed by atoms with van der Waals surface area (Å²) in [6.45, 7) is 0. The van der Waals surface area contributed by atoms with Gasteiger partial charge in [-0.2, -0.15) is 0 Å². The summed E-state index contributed by atoms with van der Waals surface area (Å²) in [5, 5.41) is 4.70. The first kappa shape index (κ1) is 33.8. The van der Waals surface area contributed by atoms with Crippen LogP contribution in [0.3, 0.4) is 0 Å². The van der Waals surface area contributed by atoms with Crippen molar-refractivity contribution in [3.8, 4) is 27.9 Å². The zero-order chi connectivity index (χ0) is 38.4. The number of furan rings is 1. The highest BCUT2D eigenvalue weighted by molar-refractivity contribution is 6.16. The zero-order valence-electron chi connectivity index (χ0n) is 31.8. The molecule has 2 aromatic heterocycles. The maximum absolute atomic E-state index is 6.53. The van der Waals surface area contributed by atoms with Crippen LogP contribution in [0.5, 0.6) is 0 Å². The Morgan fingerprint density at radius 2 is 1.10 bits per heavy atom. The van der Waals surface area contributed by atoms with Crippen LogP contribution in [0.4, 0.5) is 0 Å². The van der Waals surface area contributed by atoms with E-state index in [1.165, 1.54) is 38.5 Å². The summed E-state index contributed by atoms with van der Waals surface area (Å²) in [4.78, 5) is 5.37. The largest absolute Gasteiger partial charge is 0.456 e. The normalized spacial score (nSPS) is 16.0. The van der Waals surface area contributed by atoms with Gasteiger partial charge in [0, 0.05) is 38.4 Å². The van der Waals surface area contributed by atoms with Crippen molar-refractivity contribution in [2.75, 3.05) is 0 Å². The van der Waals surface area contributed by atoms with Crippen molar-refractivity contribution in [3.05, 3.63) is 223 Å². The summed E-state index contributed by atoms with van der Waals surface area (Å²) in [7, 11) is 0. The average Bonchev–Trinajstić information content (AvgIpc) is 3.83. The van der Waals surface area contributed by atoms with Crippen LogP contribution >= 0.6 is 0 Å². The Hall–Kier alpha value is -7.49. The smallest absolute Gasteiger partial charge is 0.136 e. The van der Waals surface area contributed by atoms with E-state index in [1.54, 1.807) is 0 Å². The number of hydrogen-bond acceptors (Lipinski definition) is 2. The Morgan fingerprint density at radius 1 is 0.448 bits per heavy atom. The Kier molecular flexibility index (Phi) is 8.29. The van der Waals surface area contributed by atoms with Crippen LogP contribution in [0.15, 0.2) is 216 Å². The van der Waals surface area contributed by atoms with Crippen molar-refractivity contribution >= 4 is 60.7 Å². The molecular formula is C55H38N2O. The second-order valence-corrected chi connectivity index (χ2v) is 15.0. The number of para-hydroxylation sites is 2. The van der Waals surface area contributed by atoms with Crippen molar-refractivity contribution in [1.29, 1.82) is 0 Å². The molecule has 274 valence electrons. The molecule has 8 aromatic carbocycles. The van der Waals surface area contributed by atoms with E-state index in [-0.39, 0.29) is 0 Å². The van der Waals surface area contributed by atoms with Crippen LogP contribution in [-0.2, 0) is 0 Å². The fraction of sp³-hybridized carbons (Fsp3) is 0.0364. The van der Waals surface area contributed by atoms with E-state index in [4.69, 9.17) is 9.41 Å². The van der Waals surface area contributed by atoms with Gasteiger partial charge in [0.25, 0.3) is 0 Å². The summed E-state index contributed by atoms with van der Waals surface area (Å²) < 4.78 is 8.89. The van der Waals surface area contributed by atoms with Gasteiger partial charge in [0.1, 0.15) is 11.2 Å². The lowest BCUT2D eigenvalue weighted by atomic mass is 9.94. The van der Waals surface area contributed by atoms with Gasteiger partial charge in [-0.15, -0.1) is 0 Å². The topological polar surface area (TPSA) is 30.4 Å². The fourth-order valence-electron chi connectivity index (χ4n) is 8.73. The lowest BCUT2D eigenvalue weighted by Gasteiger charge is -2.15. The molecule has 0 bridgehead atoms. The third-order valence-corrected chi connectivity index (χ3v) is 11.5. The molecule has 3 heteroatoms. The Bertz CT molecular complexity index is 3250. The predicted molar refractivity (Wildman–Crippen MR) is 244 cm³/mol. The summed E-state index contributed by atoms with van der Waals surface area (Å²) in [6.07, 6.45) is 6.40. The molecule has 0 N–H and O–H groups in total. The minimum atomic E-state index is 0.879. The number of allylic oxidation sites excluding steroid dienone is 3. The maximum Gasteiger partial charge on any atom is 0.136 e. The van der Waals surface area contributed by atoms with Crippen molar-refractivity contribution in [2.45, 2.75) is 12.8 Å². The van der Waals surface area contributed by atoms with E-state index in [0.29, 0.717) is 0 Å². The van der Waals surface area contributed by atoms with Crippen molar-refractivity contribution in [1.82, 2.24) is 4.57 Å². The monoisotopic (exact) mass is 742 g/mol. The Balaban J connectivity index is 1.01.